The van der Waals surface area contributed by atoms with Crippen LogP contribution in [0.1, 0.15) is 15.9 Å². The van der Waals surface area contributed by atoms with Crippen molar-refractivity contribution in [3.63, 3.8) is 0 Å². The number of nitrogens with zero attached hydrogens (tertiary/aromatic N) is 2. The molecule has 0 fully saturated rings. The van der Waals surface area contributed by atoms with E-state index in [-0.39, 0.29) is 5.91 Å². The Labute approximate surface area is 166 Å². The van der Waals surface area contributed by atoms with Crippen LogP contribution in [0.4, 0.5) is 0 Å². The van der Waals surface area contributed by atoms with Crippen molar-refractivity contribution in [1.82, 2.24) is 15.2 Å². The number of ether oxygens (including phenoxy) is 1. The molecule has 144 valence electrons. The summed E-state index contributed by atoms with van der Waals surface area (Å²) in [4.78, 5) is 18.3. The van der Waals surface area contributed by atoms with Gasteiger partial charge in [-0.25, -0.2) is 4.98 Å². The van der Waals surface area contributed by atoms with Crippen LogP contribution in [0.25, 0.3) is 11.1 Å². The molecule has 0 aliphatic heterocycles. The lowest BCUT2D eigenvalue weighted by Gasteiger charge is -2.10. The van der Waals surface area contributed by atoms with Crippen molar-refractivity contribution < 1.29 is 9.53 Å². The summed E-state index contributed by atoms with van der Waals surface area (Å²) in [5, 5.41) is 2.86. The quantitative estimate of drug-likeness (QED) is 0.653. The predicted molar refractivity (Wildman–Crippen MR) is 111 cm³/mol. The summed E-state index contributed by atoms with van der Waals surface area (Å²) in [6.07, 6.45) is 1.54. The van der Waals surface area contributed by atoms with Crippen LogP contribution in [0.2, 0.25) is 0 Å². The zero-order valence-corrected chi connectivity index (χ0v) is 16.3. The topological polar surface area (TPSA) is 54.5 Å². The minimum atomic E-state index is -0.127. The van der Waals surface area contributed by atoms with Gasteiger partial charge in [-0.15, -0.1) is 0 Å². The van der Waals surface area contributed by atoms with E-state index in [1.165, 1.54) is 11.1 Å². The fraction of sp³-hybridized carbons (Fsp3) is 0.217. The number of aromatic nitrogens is 1. The van der Waals surface area contributed by atoms with Gasteiger partial charge >= 0.3 is 0 Å². The molecule has 0 saturated heterocycles. The molecule has 0 bridgehead atoms. The zero-order valence-electron chi connectivity index (χ0n) is 16.3. The van der Waals surface area contributed by atoms with E-state index in [1.807, 2.05) is 37.2 Å². The first kappa shape index (κ1) is 19.6. The van der Waals surface area contributed by atoms with Gasteiger partial charge in [-0.05, 0) is 36.9 Å². The Balaban J connectivity index is 1.51. The van der Waals surface area contributed by atoms with Crippen molar-refractivity contribution in [3.05, 3.63) is 84.1 Å². The Morgan fingerprint density at radius 1 is 0.964 bits per heavy atom. The number of benzene rings is 2. The highest BCUT2D eigenvalue weighted by molar-refractivity contribution is 5.93. The Kier molecular flexibility index (Phi) is 6.76. The van der Waals surface area contributed by atoms with Gasteiger partial charge in [0.25, 0.3) is 5.91 Å². The maximum absolute atomic E-state index is 12.1. The summed E-state index contributed by atoms with van der Waals surface area (Å²) < 4.78 is 5.74. The molecule has 0 atom stereocenters. The summed E-state index contributed by atoms with van der Waals surface area (Å²) in [5.74, 6) is 0.370. The maximum Gasteiger partial charge on any atom is 0.252 e. The Morgan fingerprint density at radius 3 is 2.32 bits per heavy atom. The molecule has 0 radical (unpaired) electrons. The molecule has 1 heterocycles. The first-order valence-corrected chi connectivity index (χ1v) is 9.28. The number of pyridine rings is 1. The van der Waals surface area contributed by atoms with Crippen molar-refractivity contribution in [3.8, 4) is 17.0 Å². The van der Waals surface area contributed by atoms with E-state index in [1.54, 1.807) is 18.3 Å². The number of carbonyl (C=O) groups is 1. The molecular weight excluding hydrogens is 350 g/mol. The third-order valence-corrected chi connectivity index (χ3v) is 4.29. The van der Waals surface area contributed by atoms with Crippen LogP contribution in [0.15, 0.2) is 72.9 Å². The molecule has 3 aromatic rings. The maximum atomic E-state index is 12.1. The van der Waals surface area contributed by atoms with Crippen molar-refractivity contribution in [2.45, 2.75) is 6.61 Å². The van der Waals surface area contributed by atoms with Gasteiger partial charge in [-0.3, -0.25) is 4.79 Å². The average Bonchev–Trinajstić information content (AvgIpc) is 2.73. The molecule has 3 rings (SSSR count). The van der Waals surface area contributed by atoms with Crippen molar-refractivity contribution in [2.75, 3.05) is 27.2 Å². The monoisotopic (exact) mass is 375 g/mol. The molecule has 0 unspecified atom stereocenters. The second-order valence-corrected chi connectivity index (χ2v) is 6.80. The first-order chi connectivity index (χ1) is 13.6. The molecule has 0 aliphatic carbocycles. The van der Waals surface area contributed by atoms with E-state index in [0.29, 0.717) is 24.6 Å². The molecule has 0 spiro atoms. The fourth-order valence-corrected chi connectivity index (χ4v) is 2.68. The molecular formula is C23H25N3O2. The number of nitrogens with one attached hydrogen (secondary N) is 1. The molecule has 5 heteroatoms. The highest BCUT2D eigenvalue weighted by atomic mass is 16.5. The van der Waals surface area contributed by atoms with Crippen LogP contribution in [-0.4, -0.2) is 43.0 Å². The molecule has 28 heavy (non-hydrogen) atoms. The van der Waals surface area contributed by atoms with Gasteiger partial charge in [0.15, 0.2) is 0 Å². The summed E-state index contributed by atoms with van der Waals surface area (Å²) in [7, 11) is 3.93. The number of amides is 1. The van der Waals surface area contributed by atoms with Gasteiger partial charge in [0.05, 0.1) is 5.56 Å². The number of hydrogen-bond donors (Lipinski definition) is 1. The summed E-state index contributed by atoms with van der Waals surface area (Å²) in [6.45, 7) is 1.82. The molecule has 2 aromatic carbocycles. The summed E-state index contributed by atoms with van der Waals surface area (Å²) in [5.41, 5.74) is 3.95. The van der Waals surface area contributed by atoms with E-state index in [4.69, 9.17) is 4.74 Å². The third-order valence-electron chi connectivity index (χ3n) is 4.29. The van der Waals surface area contributed by atoms with E-state index < -0.39 is 0 Å². The zero-order chi connectivity index (χ0) is 19.8. The number of likely N-dealkylation sites (N-methyl/N-ethyl adjacent to an activating group) is 1. The number of rotatable bonds is 8. The SMILES string of the molecule is CN(C)CCNC(=O)c1ccc(OCc2ccc(-c3ccccc3)cc2)nc1. The summed E-state index contributed by atoms with van der Waals surface area (Å²) in [6, 6.07) is 22.0. The highest BCUT2D eigenvalue weighted by Gasteiger charge is 2.06. The highest BCUT2D eigenvalue weighted by Crippen LogP contribution is 2.20. The van der Waals surface area contributed by atoms with Crippen LogP contribution < -0.4 is 10.1 Å². The van der Waals surface area contributed by atoms with Gasteiger partial charge in [0.2, 0.25) is 5.88 Å². The lowest BCUT2D eigenvalue weighted by Crippen LogP contribution is -2.31. The van der Waals surface area contributed by atoms with E-state index in [0.717, 1.165) is 12.1 Å². The second kappa shape index (κ2) is 9.67. The lowest BCUT2D eigenvalue weighted by molar-refractivity contribution is 0.0950. The van der Waals surface area contributed by atoms with Crippen LogP contribution in [0, 0.1) is 0 Å². The van der Waals surface area contributed by atoms with Crippen LogP contribution in [-0.2, 0) is 6.61 Å². The average molecular weight is 375 g/mol. The number of carbonyl (C=O) groups excluding carboxylic acids is 1. The summed E-state index contributed by atoms with van der Waals surface area (Å²) >= 11 is 0. The molecule has 0 aliphatic rings. The third kappa shape index (κ3) is 5.66. The van der Waals surface area contributed by atoms with Crippen molar-refractivity contribution in [1.29, 1.82) is 0 Å². The molecule has 0 saturated carbocycles. The molecule has 1 amide bonds. The van der Waals surface area contributed by atoms with Gasteiger partial charge < -0.3 is 15.0 Å². The molecule has 5 nitrogen and oxygen atoms in total. The van der Waals surface area contributed by atoms with Gasteiger partial charge in [0, 0.05) is 25.4 Å². The lowest BCUT2D eigenvalue weighted by atomic mass is 10.0. The van der Waals surface area contributed by atoms with E-state index in [2.05, 4.69) is 46.7 Å². The van der Waals surface area contributed by atoms with E-state index >= 15 is 0 Å². The van der Waals surface area contributed by atoms with E-state index in [9.17, 15) is 4.79 Å². The predicted octanol–water partition coefficient (Wildman–Crippen LogP) is 3.62. The second-order valence-electron chi connectivity index (χ2n) is 6.80. The first-order valence-electron chi connectivity index (χ1n) is 9.28. The normalized spacial score (nSPS) is 10.7. The van der Waals surface area contributed by atoms with Gasteiger partial charge in [-0.2, -0.15) is 0 Å². The van der Waals surface area contributed by atoms with Crippen molar-refractivity contribution in [2.24, 2.45) is 0 Å². The minimum Gasteiger partial charge on any atom is -0.473 e. The smallest absolute Gasteiger partial charge is 0.252 e. The molecule has 1 N–H and O–H groups in total. The largest absolute Gasteiger partial charge is 0.473 e. The van der Waals surface area contributed by atoms with Crippen molar-refractivity contribution >= 4 is 5.91 Å². The Morgan fingerprint density at radius 2 is 1.68 bits per heavy atom. The van der Waals surface area contributed by atoms with Gasteiger partial charge in [0.1, 0.15) is 6.61 Å². The van der Waals surface area contributed by atoms with Gasteiger partial charge in [-0.1, -0.05) is 54.6 Å². The van der Waals surface area contributed by atoms with Crippen LogP contribution >= 0.6 is 0 Å². The van der Waals surface area contributed by atoms with Crippen LogP contribution in [0.5, 0.6) is 5.88 Å². The fourth-order valence-electron chi connectivity index (χ4n) is 2.68. The Bertz CT molecular complexity index is 876. The minimum absolute atomic E-state index is 0.127. The van der Waals surface area contributed by atoms with Crippen LogP contribution in [0.3, 0.4) is 0 Å². The number of hydrogen-bond acceptors (Lipinski definition) is 4. The standard InChI is InChI=1S/C23H25N3O2/c1-26(2)15-14-24-23(27)21-12-13-22(25-16-21)28-17-18-8-10-20(11-9-18)19-6-4-3-5-7-19/h3-13,16H,14-15,17H2,1-2H3,(H,24,27). The Hall–Kier alpha value is -3.18. The molecule has 1 aromatic heterocycles.